The molecule has 1 unspecified atom stereocenters. The summed E-state index contributed by atoms with van der Waals surface area (Å²) >= 11 is 0. The van der Waals surface area contributed by atoms with Crippen LogP contribution < -0.4 is 4.74 Å². The topological polar surface area (TPSA) is 58.9 Å². The zero-order valence-electron chi connectivity index (χ0n) is 19.3. The molecule has 0 radical (unpaired) electrons. The van der Waals surface area contributed by atoms with Gasteiger partial charge in [0, 0.05) is 12.7 Å². The lowest BCUT2D eigenvalue weighted by atomic mass is 10.0. The number of unbranched alkanes of at least 4 members (excludes halogenated alkanes) is 14. The molecule has 174 valence electrons. The van der Waals surface area contributed by atoms with E-state index in [1.807, 2.05) is 0 Å². The highest BCUT2D eigenvalue weighted by atomic mass is 16.5. The molecular weight excluding hydrogens is 376 g/mol. The highest BCUT2D eigenvalue weighted by molar-refractivity contribution is 5.31. The Morgan fingerprint density at radius 1 is 0.733 bits per heavy atom. The molecule has 0 heterocycles. The van der Waals surface area contributed by atoms with Gasteiger partial charge in [-0.3, -0.25) is 0 Å². The van der Waals surface area contributed by atoms with Gasteiger partial charge < -0.3 is 19.7 Å². The summed E-state index contributed by atoms with van der Waals surface area (Å²) in [6, 6.07) is 6.58. The summed E-state index contributed by atoms with van der Waals surface area (Å²) in [6.07, 6.45) is 19.7. The summed E-state index contributed by atoms with van der Waals surface area (Å²) in [5.74, 6) is 0.711. The lowest BCUT2D eigenvalue weighted by Crippen LogP contribution is -2.23. The molecule has 0 fully saturated rings. The molecule has 0 saturated heterocycles. The van der Waals surface area contributed by atoms with Crippen LogP contribution >= 0.6 is 0 Å². The summed E-state index contributed by atoms with van der Waals surface area (Å²) in [4.78, 5) is 0. The first-order chi connectivity index (χ1) is 14.7. The Labute approximate surface area is 185 Å². The van der Waals surface area contributed by atoms with Gasteiger partial charge in [0.2, 0.25) is 0 Å². The molecule has 0 amide bonds. The van der Waals surface area contributed by atoms with Crippen molar-refractivity contribution in [2.45, 2.75) is 109 Å². The number of ether oxygens (including phenoxy) is 2. The van der Waals surface area contributed by atoms with Crippen LogP contribution in [0.25, 0.3) is 0 Å². The molecule has 1 aromatic rings. The van der Waals surface area contributed by atoms with Crippen molar-refractivity contribution < 1.29 is 19.7 Å². The SMILES string of the molecule is CCCCCCCCCCCCCCCCCOCC(O)COc1cccc(O)c1. The van der Waals surface area contributed by atoms with Crippen LogP contribution in [0.15, 0.2) is 24.3 Å². The van der Waals surface area contributed by atoms with Gasteiger partial charge >= 0.3 is 0 Å². The number of aromatic hydroxyl groups is 1. The smallest absolute Gasteiger partial charge is 0.123 e. The molecule has 0 spiro atoms. The van der Waals surface area contributed by atoms with E-state index in [1.54, 1.807) is 18.2 Å². The molecule has 1 rings (SSSR count). The molecule has 0 aliphatic heterocycles. The number of hydrogen-bond acceptors (Lipinski definition) is 4. The Morgan fingerprint density at radius 2 is 1.27 bits per heavy atom. The summed E-state index contributed by atoms with van der Waals surface area (Å²) in [6.45, 7) is 3.43. The summed E-state index contributed by atoms with van der Waals surface area (Å²) in [5, 5.41) is 19.3. The Hall–Kier alpha value is -1.26. The number of aliphatic hydroxyl groups is 1. The van der Waals surface area contributed by atoms with Crippen LogP contribution in [-0.4, -0.2) is 36.1 Å². The predicted molar refractivity (Wildman–Crippen MR) is 125 cm³/mol. The normalized spacial score (nSPS) is 12.2. The van der Waals surface area contributed by atoms with Crippen molar-refractivity contribution in [1.29, 1.82) is 0 Å². The predicted octanol–water partition coefficient (Wildman–Crippen LogP) is 7.02. The zero-order valence-corrected chi connectivity index (χ0v) is 19.3. The molecule has 2 N–H and O–H groups in total. The molecule has 0 aliphatic carbocycles. The molecule has 4 heteroatoms. The van der Waals surface area contributed by atoms with Gasteiger partial charge in [-0.05, 0) is 18.6 Å². The molecule has 0 aromatic heterocycles. The maximum Gasteiger partial charge on any atom is 0.123 e. The van der Waals surface area contributed by atoms with Gasteiger partial charge in [-0.25, -0.2) is 0 Å². The fourth-order valence-corrected chi connectivity index (χ4v) is 3.61. The van der Waals surface area contributed by atoms with Crippen molar-refractivity contribution in [3.05, 3.63) is 24.3 Å². The lowest BCUT2D eigenvalue weighted by molar-refractivity contribution is 0.0109. The van der Waals surface area contributed by atoms with Crippen molar-refractivity contribution in [3.8, 4) is 11.5 Å². The third-order valence-electron chi connectivity index (χ3n) is 5.46. The molecule has 1 atom stereocenters. The van der Waals surface area contributed by atoms with Crippen molar-refractivity contribution in [3.63, 3.8) is 0 Å². The van der Waals surface area contributed by atoms with Crippen LogP contribution in [0.2, 0.25) is 0 Å². The van der Waals surface area contributed by atoms with Gasteiger partial charge in [0.25, 0.3) is 0 Å². The summed E-state index contributed by atoms with van der Waals surface area (Å²) in [5.41, 5.74) is 0. The average Bonchev–Trinajstić information content (AvgIpc) is 2.74. The minimum atomic E-state index is -0.649. The van der Waals surface area contributed by atoms with Crippen molar-refractivity contribution in [2.24, 2.45) is 0 Å². The van der Waals surface area contributed by atoms with Crippen LogP contribution in [0.5, 0.6) is 11.5 Å². The second-order valence-electron chi connectivity index (χ2n) is 8.49. The van der Waals surface area contributed by atoms with Crippen LogP contribution in [0.1, 0.15) is 103 Å². The second kappa shape index (κ2) is 19.7. The van der Waals surface area contributed by atoms with Crippen LogP contribution in [0, 0.1) is 0 Å². The standard InChI is InChI=1S/C26H46O4/c1-2-3-4-5-6-7-8-9-10-11-12-13-14-15-16-20-29-22-25(28)23-30-26-19-17-18-24(27)21-26/h17-19,21,25,27-28H,2-16,20,22-23H2,1H3. The van der Waals surface area contributed by atoms with E-state index in [2.05, 4.69) is 6.92 Å². The van der Waals surface area contributed by atoms with E-state index >= 15 is 0 Å². The van der Waals surface area contributed by atoms with Gasteiger partial charge in [-0.1, -0.05) is 103 Å². The molecule has 0 aliphatic rings. The second-order valence-corrected chi connectivity index (χ2v) is 8.49. The van der Waals surface area contributed by atoms with E-state index in [0.29, 0.717) is 12.4 Å². The summed E-state index contributed by atoms with van der Waals surface area (Å²) in [7, 11) is 0. The maximum atomic E-state index is 9.89. The van der Waals surface area contributed by atoms with E-state index < -0.39 is 6.10 Å². The highest BCUT2D eigenvalue weighted by Gasteiger charge is 2.06. The van der Waals surface area contributed by atoms with Crippen molar-refractivity contribution >= 4 is 0 Å². The third kappa shape index (κ3) is 16.5. The number of aliphatic hydroxyl groups excluding tert-OH is 1. The van der Waals surface area contributed by atoms with Gasteiger partial charge in [-0.2, -0.15) is 0 Å². The number of benzene rings is 1. The fraction of sp³-hybridized carbons (Fsp3) is 0.769. The molecule has 30 heavy (non-hydrogen) atoms. The van der Waals surface area contributed by atoms with E-state index in [1.165, 1.54) is 96.0 Å². The minimum absolute atomic E-state index is 0.159. The average molecular weight is 423 g/mol. The van der Waals surface area contributed by atoms with Crippen LogP contribution in [0.4, 0.5) is 0 Å². The summed E-state index contributed by atoms with van der Waals surface area (Å²) < 4.78 is 11.0. The first kappa shape index (κ1) is 26.8. The number of phenols is 1. The van der Waals surface area contributed by atoms with Crippen LogP contribution in [-0.2, 0) is 4.74 Å². The molecular formula is C26H46O4. The highest BCUT2D eigenvalue weighted by Crippen LogP contribution is 2.18. The first-order valence-corrected chi connectivity index (χ1v) is 12.4. The molecule has 1 aromatic carbocycles. The number of hydrogen-bond donors (Lipinski definition) is 2. The van der Waals surface area contributed by atoms with E-state index in [0.717, 1.165) is 6.42 Å². The van der Waals surface area contributed by atoms with E-state index in [9.17, 15) is 10.2 Å². The van der Waals surface area contributed by atoms with E-state index in [4.69, 9.17) is 9.47 Å². The minimum Gasteiger partial charge on any atom is -0.508 e. The Bertz CT molecular complexity index is 492. The van der Waals surface area contributed by atoms with Crippen LogP contribution in [0.3, 0.4) is 0 Å². The largest absolute Gasteiger partial charge is 0.508 e. The number of rotatable bonds is 21. The maximum absolute atomic E-state index is 9.89. The van der Waals surface area contributed by atoms with Gasteiger partial charge in [0.05, 0.1) is 6.61 Å². The Morgan fingerprint density at radius 3 is 1.80 bits per heavy atom. The third-order valence-corrected chi connectivity index (χ3v) is 5.46. The Kier molecular flexibility index (Phi) is 17.6. The quantitative estimate of drug-likeness (QED) is 0.209. The van der Waals surface area contributed by atoms with E-state index in [-0.39, 0.29) is 19.0 Å². The van der Waals surface area contributed by atoms with Crippen molar-refractivity contribution in [2.75, 3.05) is 19.8 Å². The molecule has 0 saturated carbocycles. The van der Waals surface area contributed by atoms with Gasteiger partial charge in [-0.15, -0.1) is 0 Å². The number of phenolic OH excluding ortho intramolecular Hbond substituents is 1. The zero-order chi connectivity index (χ0) is 21.7. The van der Waals surface area contributed by atoms with Gasteiger partial charge in [0.15, 0.2) is 0 Å². The monoisotopic (exact) mass is 422 g/mol. The first-order valence-electron chi connectivity index (χ1n) is 12.4. The van der Waals surface area contributed by atoms with Gasteiger partial charge in [0.1, 0.15) is 24.2 Å². The lowest BCUT2D eigenvalue weighted by Gasteiger charge is -2.13. The fourth-order valence-electron chi connectivity index (χ4n) is 3.61. The molecule has 0 bridgehead atoms. The Balaban J connectivity index is 1.77. The molecule has 4 nitrogen and oxygen atoms in total. The van der Waals surface area contributed by atoms with Crippen molar-refractivity contribution in [1.82, 2.24) is 0 Å².